The monoisotopic (exact) mass is 519 g/mol. The number of aryl methyl sites for hydroxylation is 1. The summed E-state index contributed by atoms with van der Waals surface area (Å²) in [5, 5.41) is 4.35. The number of methoxy groups -OCH3 is 1. The Bertz CT molecular complexity index is 1190. The molecule has 2 fully saturated rings. The Kier molecular flexibility index (Phi) is 8.08. The van der Waals surface area contributed by atoms with Crippen LogP contribution in [-0.2, 0) is 17.8 Å². The fourth-order valence-corrected chi connectivity index (χ4v) is 5.90. The van der Waals surface area contributed by atoms with Crippen LogP contribution in [0.2, 0.25) is 0 Å². The number of hydrogen-bond acceptors (Lipinski definition) is 5. The van der Waals surface area contributed by atoms with Gasteiger partial charge in [0.15, 0.2) is 5.11 Å². The van der Waals surface area contributed by atoms with Crippen molar-refractivity contribution >= 4 is 17.3 Å². The fraction of sp³-hybridized carbons (Fsp3) is 0.448. The number of nitrogens with zero attached hydrogens (tertiary/aromatic N) is 4. The molecule has 2 aliphatic heterocycles. The van der Waals surface area contributed by atoms with Crippen LogP contribution in [0.15, 0.2) is 54.7 Å². The minimum atomic E-state index is -0.0192. The molecule has 2 saturated heterocycles. The standard InChI is InChI=1S/C29H37N5O2S/c1-21-19-25(22(2)33(21)14-6-13-32-15-17-36-18-16-32)28-27(26-7-4-5-12-30-26)31-29(37)34(28)20-23-8-10-24(35-3)11-9-23/h4-5,7-12,19,27-28H,6,13-18,20H2,1-3H3,(H,31,37)/t27-,28-/m0/s1. The molecule has 7 nitrogen and oxygen atoms in total. The molecule has 0 saturated carbocycles. The average molecular weight is 520 g/mol. The van der Waals surface area contributed by atoms with Gasteiger partial charge in [0, 0.05) is 50.3 Å². The van der Waals surface area contributed by atoms with Gasteiger partial charge in [0.1, 0.15) is 5.75 Å². The van der Waals surface area contributed by atoms with Crippen molar-refractivity contribution < 1.29 is 9.47 Å². The second kappa shape index (κ2) is 11.6. The molecule has 2 aromatic heterocycles. The Labute approximate surface area is 225 Å². The maximum Gasteiger partial charge on any atom is 0.170 e. The number of pyridine rings is 1. The fourth-order valence-electron chi connectivity index (χ4n) is 5.59. The molecule has 0 unspecified atom stereocenters. The molecule has 2 atom stereocenters. The number of morpholine rings is 1. The summed E-state index contributed by atoms with van der Waals surface area (Å²) < 4.78 is 13.3. The predicted octanol–water partition coefficient (Wildman–Crippen LogP) is 4.40. The maximum atomic E-state index is 5.91. The largest absolute Gasteiger partial charge is 0.497 e. The summed E-state index contributed by atoms with van der Waals surface area (Å²) >= 11 is 5.91. The first-order valence-electron chi connectivity index (χ1n) is 13.1. The third kappa shape index (κ3) is 5.66. The second-order valence-electron chi connectivity index (χ2n) is 9.89. The highest BCUT2D eigenvalue weighted by molar-refractivity contribution is 7.80. The minimum Gasteiger partial charge on any atom is -0.497 e. The number of ether oxygens (including phenoxy) is 2. The van der Waals surface area contributed by atoms with Crippen molar-refractivity contribution in [1.82, 2.24) is 24.7 Å². The lowest BCUT2D eigenvalue weighted by Crippen LogP contribution is -2.37. The van der Waals surface area contributed by atoms with Crippen molar-refractivity contribution in [3.8, 4) is 5.75 Å². The number of aromatic nitrogens is 2. The highest BCUT2D eigenvalue weighted by Crippen LogP contribution is 2.41. The van der Waals surface area contributed by atoms with Crippen molar-refractivity contribution in [1.29, 1.82) is 0 Å². The Morgan fingerprint density at radius 2 is 1.86 bits per heavy atom. The normalized spacial score (nSPS) is 20.3. The van der Waals surface area contributed by atoms with Crippen molar-refractivity contribution in [3.05, 3.63) is 82.9 Å². The van der Waals surface area contributed by atoms with Gasteiger partial charge in [0.2, 0.25) is 0 Å². The van der Waals surface area contributed by atoms with Crippen LogP contribution in [0.25, 0.3) is 0 Å². The molecule has 0 radical (unpaired) electrons. The topological polar surface area (TPSA) is 54.8 Å². The molecule has 37 heavy (non-hydrogen) atoms. The van der Waals surface area contributed by atoms with Gasteiger partial charge >= 0.3 is 0 Å². The van der Waals surface area contributed by atoms with E-state index in [9.17, 15) is 0 Å². The Balaban J connectivity index is 1.42. The summed E-state index contributed by atoms with van der Waals surface area (Å²) in [7, 11) is 1.69. The Hall–Kier alpha value is -2.94. The van der Waals surface area contributed by atoms with Crippen LogP contribution < -0.4 is 10.1 Å². The zero-order valence-corrected chi connectivity index (χ0v) is 22.8. The van der Waals surface area contributed by atoms with E-state index < -0.39 is 0 Å². The van der Waals surface area contributed by atoms with Gasteiger partial charge in [-0.2, -0.15) is 0 Å². The SMILES string of the molecule is COc1ccc(CN2C(=S)N[C@@H](c3ccccn3)[C@@H]2c2cc(C)n(CCCN3CCOCC3)c2C)cc1. The third-order valence-corrected chi connectivity index (χ3v) is 7.95. The number of thiocarbonyl (C=S) groups is 1. The highest BCUT2D eigenvalue weighted by atomic mass is 32.1. The molecular formula is C29H37N5O2S. The summed E-state index contributed by atoms with van der Waals surface area (Å²) in [5.74, 6) is 0.856. The lowest BCUT2D eigenvalue weighted by molar-refractivity contribution is 0.0369. The maximum absolute atomic E-state index is 5.91. The average Bonchev–Trinajstić information content (AvgIpc) is 3.40. The summed E-state index contributed by atoms with van der Waals surface area (Å²) in [6, 6.07) is 16.7. The van der Waals surface area contributed by atoms with Crippen LogP contribution in [0.4, 0.5) is 0 Å². The van der Waals surface area contributed by atoms with Crippen LogP contribution in [0.1, 0.15) is 46.7 Å². The summed E-state index contributed by atoms with van der Waals surface area (Å²) in [4.78, 5) is 9.53. The smallest absolute Gasteiger partial charge is 0.170 e. The molecule has 2 aliphatic rings. The Morgan fingerprint density at radius 1 is 1.08 bits per heavy atom. The minimum absolute atomic E-state index is 0.0192. The van der Waals surface area contributed by atoms with E-state index in [-0.39, 0.29) is 12.1 Å². The van der Waals surface area contributed by atoms with Gasteiger partial charge in [-0.3, -0.25) is 9.88 Å². The molecular weight excluding hydrogens is 482 g/mol. The zero-order valence-electron chi connectivity index (χ0n) is 22.0. The molecule has 0 bridgehead atoms. The van der Waals surface area contributed by atoms with Crippen LogP contribution in [0.5, 0.6) is 5.75 Å². The highest BCUT2D eigenvalue weighted by Gasteiger charge is 2.41. The van der Waals surface area contributed by atoms with Crippen LogP contribution in [-0.4, -0.2) is 64.4 Å². The van der Waals surface area contributed by atoms with Crippen molar-refractivity contribution in [2.75, 3.05) is 40.0 Å². The van der Waals surface area contributed by atoms with E-state index in [1.807, 2.05) is 30.5 Å². The second-order valence-corrected chi connectivity index (χ2v) is 10.3. The van der Waals surface area contributed by atoms with E-state index in [2.05, 4.69) is 57.8 Å². The van der Waals surface area contributed by atoms with Gasteiger partial charge in [-0.25, -0.2) is 0 Å². The molecule has 3 aromatic rings. The third-order valence-electron chi connectivity index (χ3n) is 7.60. The van der Waals surface area contributed by atoms with Gasteiger partial charge in [-0.15, -0.1) is 0 Å². The first kappa shape index (κ1) is 25.7. The lowest BCUT2D eigenvalue weighted by Gasteiger charge is -2.28. The predicted molar refractivity (Wildman–Crippen MR) is 150 cm³/mol. The van der Waals surface area contributed by atoms with Crippen molar-refractivity contribution in [3.63, 3.8) is 0 Å². The first-order chi connectivity index (χ1) is 18.0. The van der Waals surface area contributed by atoms with E-state index in [0.717, 1.165) is 62.4 Å². The van der Waals surface area contributed by atoms with E-state index >= 15 is 0 Å². The molecule has 0 spiro atoms. The van der Waals surface area contributed by atoms with Gasteiger partial charge in [0.05, 0.1) is 38.1 Å². The van der Waals surface area contributed by atoms with E-state index in [1.54, 1.807) is 7.11 Å². The van der Waals surface area contributed by atoms with Gasteiger partial charge < -0.3 is 24.3 Å². The molecule has 0 amide bonds. The molecule has 4 heterocycles. The summed E-state index contributed by atoms with van der Waals surface area (Å²) in [6.07, 6.45) is 2.98. The van der Waals surface area contributed by atoms with Crippen LogP contribution in [0.3, 0.4) is 0 Å². The van der Waals surface area contributed by atoms with E-state index in [1.165, 1.54) is 22.5 Å². The molecule has 196 valence electrons. The number of hydrogen-bond donors (Lipinski definition) is 1. The van der Waals surface area contributed by atoms with Crippen molar-refractivity contribution in [2.45, 2.75) is 45.4 Å². The number of nitrogens with one attached hydrogen (secondary N) is 1. The van der Waals surface area contributed by atoms with Gasteiger partial charge in [-0.05, 0) is 73.9 Å². The summed E-state index contributed by atoms with van der Waals surface area (Å²) in [6.45, 7) is 11.0. The molecule has 0 aliphatic carbocycles. The Morgan fingerprint density at radius 3 is 2.57 bits per heavy atom. The number of benzene rings is 1. The van der Waals surface area contributed by atoms with Gasteiger partial charge in [0.25, 0.3) is 0 Å². The number of rotatable bonds is 9. The molecule has 5 rings (SSSR count). The van der Waals surface area contributed by atoms with E-state index in [4.69, 9.17) is 26.7 Å². The quantitative estimate of drug-likeness (QED) is 0.421. The van der Waals surface area contributed by atoms with Crippen molar-refractivity contribution in [2.24, 2.45) is 0 Å². The molecule has 1 N–H and O–H groups in total. The zero-order chi connectivity index (χ0) is 25.8. The van der Waals surface area contributed by atoms with Crippen LogP contribution >= 0.6 is 12.2 Å². The van der Waals surface area contributed by atoms with Crippen LogP contribution in [0, 0.1) is 13.8 Å². The van der Waals surface area contributed by atoms with E-state index in [0.29, 0.717) is 6.54 Å². The van der Waals surface area contributed by atoms with Gasteiger partial charge in [-0.1, -0.05) is 18.2 Å². The molecule has 8 heteroatoms. The summed E-state index contributed by atoms with van der Waals surface area (Å²) in [5.41, 5.74) is 6.09. The molecule has 1 aromatic carbocycles. The lowest BCUT2D eigenvalue weighted by atomic mass is 9.96. The first-order valence-corrected chi connectivity index (χ1v) is 13.5.